The van der Waals surface area contributed by atoms with Gasteiger partial charge in [-0.2, -0.15) is 0 Å². The van der Waals surface area contributed by atoms with Crippen molar-refractivity contribution in [3.63, 3.8) is 0 Å². The van der Waals surface area contributed by atoms with Gasteiger partial charge in [0.2, 0.25) is 0 Å². The van der Waals surface area contributed by atoms with Crippen LogP contribution in [0, 0.1) is 11.8 Å². The van der Waals surface area contributed by atoms with Crippen molar-refractivity contribution in [1.82, 2.24) is 10.2 Å². The number of thiophene rings is 1. The lowest BCUT2D eigenvalue weighted by Gasteiger charge is -2.32. The van der Waals surface area contributed by atoms with Crippen LogP contribution in [-0.4, -0.2) is 41.1 Å². The van der Waals surface area contributed by atoms with Crippen LogP contribution in [0.2, 0.25) is 0 Å². The van der Waals surface area contributed by atoms with Gasteiger partial charge in [-0.3, -0.25) is 4.79 Å². The molecule has 0 radical (unpaired) electrons. The average molecular weight is 350 g/mol. The molecule has 2 N–H and O–H groups in total. The molecule has 1 atom stereocenters. The molecule has 5 nitrogen and oxygen atoms in total. The molecular formula is C18H26N2O3S. The van der Waals surface area contributed by atoms with Gasteiger partial charge in [-0.15, -0.1) is 11.3 Å². The third-order valence-corrected chi connectivity index (χ3v) is 6.44. The summed E-state index contributed by atoms with van der Waals surface area (Å²) in [6.07, 6.45) is 5.34. The number of aryl methyl sites for hydroxylation is 1. The van der Waals surface area contributed by atoms with Gasteiger partial charge in [0.1, 0.15) is 0 Å². The van der Waals surface area contributed by atoms with E-state index < -0.39 is 6.09 Å². The smallest absolute Gasteiger partial charge is 0.407 e. The first-order valence-electron chi connectivity index (χ1n) is 8.94. The second-order valence-corrected chi connectivity index (χ2v) is 8.15. The zero-order valence-corrected chi connectivity index (χ0v) is 15.0. The predicted molar refractivity (Wildman–Crippen MR) is 94.6 cm³/mol. The molecule has 1 saturated heterocycles. The van der Waals surface area contributed by atoms with Gasteiger partial charge in [-0.25, -0.2) is 4.79 Å². The number of nitrogens with zero attached hydrogens (tertiary/aromatic N) is 1. The van der Waals surface area contributed by atoms with Crippen molar-refractivity contribution in [3.05, 3.63) is 21.9 Å². The van der Waals surface area contributed by atoms with Crippen molar-refractivity contribution in [2.75, 3.05) is 13.1 Å². The van der Waals surface area contributed by atoms with Crippen LogP contribution < -0.4 is 5.32 Å². The van der Waals surface area contributed by atoms with Crippen molar-refractivity contribution in [2.45, 2.75) is 51.5 Å². The number of hydrogen-bond acceptors (Lipinski definition) is 3. The highest BCUT2D eigenvalue weighted by atomic mass is 32.1. The second kappa shape index (κ2) is 7.55. The van der Waals surface area contributed by atoms with E-state index in [2.05, 4.69) is 12.2 Å². The minimum Gasteiger partial charge on any atom is -0.465 e. The van der Waals surface area contributed by atoms with Crippen molar-refractivity contribution in [3.8, 4) is 0 Å². The maximum Gasteiger partial charge on any atom is 0.407 e. The molecule has 132 valence electrons. The number of rotatable bonds is 6. The molecule has 6 heteroatoms. The van der Waals surface area contributed by atoms with E-state index in [1.165, 1.54) is 22.6 Å². The van der Waals surface area contributed by atoms with Crippen molar-refractivity contribution in [2.24, 2.45) is 11.8 Å². The summed E-state index contributed by atoms with van der Waals surface area (Å²) in [5, 5.41) is 12.3. The van der Waals surface area contributed by atoms with E-state index in [0.717, 1.165) is 30.6 Å². The van der Waals surface area contributed by atoms with Crippen molar-refractivity contribution in [1.29, 1.82) is 0 Å². The Labute approximate surface area is 147 Å². The van der Waals surface area contributed by atoms with E-state index in [0.29, 0.717) is 24.9 Å². The number of likely N-dealkylation sites (tertiary alicyclic amines) is 1. The van der Waals surface area contributed by atoms with Gasteiger partial charge in [0.05, 0.1) is 4.88 Å². The Morgan fingerprint density at radius 3 is 2.54 bits per heavy atom. The molecule has 24 heavy (non-hydrogen) atoms. The molecule has 1 saturated carbocycles. The summed E-state index contributed by atoms with van der Waals surface area (Å²) in [5.74, 6) is 1.18. The fourth-order valence-corrected chi connectivity index (χ4v) is 4.37. The molecule has 0 spiro atoms. The molecule has 2 amide bonds. The van der Waals surface area contributed by atoms with E-state index in [-0.39, 0.29) is 11.9 Å². The molecule has 3 rings (SSSR count). The lowest BCUT2D eigenvalue weighted by atomic mass is 9.88. The summed E-state index contributed by atoms with van der Waals surface area (Å²) in [6.45, 7) is 3.34. The zero-order chi connectivity index (χ0) is 17.1. The van der Waals surface area contributed by atoms with Crippen LogP contribution in [0.5, 0.6) is 0 Å². The highest BCUT2D eigenvalue weighted by Crippen LogP contribution is 2.37. The summed E-state index contributed by atoms with van der Waals surface area (Å²) in [4.78, 5) is 27.1. The predicted octanol–water partition coefficient (Wildman–Crippen LogP) is 3.60. The molecule has 1 aliphatic carbocycles. The molecule has 0 unspecified atom stereocenters. The van der Waals surface area contributed by atoms with E-state index in [4.69, 9.17) is 5.11 Å². The Morgan fingerprint density at radius 1 is 1.29 bits per heavy atom. The Kier molecular flexibility index (Phi) is 5.43. The van der Waals surface area contributed by atoms with Crippen LogP contribution in [0.15, 0.2) is 12.1 Å². The van der Waals surface area contributed by atoms with Gasteiger partial charge in [0.25, 0.3) is 5.91 Å². The summed E-state index contributed by atoms with van der Waals surface area (Å²) in [7, 11) is 0. The van der Waals surface area contributed by atoms with Crippen molar-refractivity contribution >= 4 is 23.3 Å². The first kappa shape index (κ1) is 17.3. The maximum absolute atomic E-state index is 12.5. The van der Waals surface area contributed by atoms with E-state index >= 15 is 0 Å². The molecule has 1 aromatic rings. The van der Waals surface area contributed by atoms with Crippen LogP contribution in [0.25, 0.3) is 0 Å². The first-order valence-corrected chi connectivity index (χ1v) is 9.76. The highest BCUT2D eigenvalue weighted by Gasteiger charge is 2.35. The van der Waals surface area contributed by atoms with Gasteiger partial charge in [0, 0.05) is 24.0 Å². The topological polar surface area (TPSA) is 69.6 Å². The number of carboxylic acid groups (broad SMARTS) is 1. The van der Waals surface area contributed by atoms with Gasteiger partial charge < -0.3 is 15.3 Å². The van der Waals surface area contributed by atoms with Crippen LogP contribution in [-0.2, 0) is 6.42 Å². The van der Waals surface area contributed by atoms with E-state index in [1.54, 1.807) is 11.3 Å². The quantitative estimate of drug-likeness (QED) is 0.823. The molecule has 0 bridgehead atoms. The average Bonchev–Trinajstić information content (AvgIpc) is 3.31. The third kappa shape index (κ3) is 4.29. The van der Waals surface area contributed by atoms with E-state index in [1.807, 2.05) is 12.1 Å². The van der Waals surface area contributed by atoms with Gasteiger partial charge in [0.15, 0.2) is 0 Å². The normalized spacial score (nSPS) is 20.0. The van der Waals surface area contributed by atoms with E-state index in [9.17, 15) is 9.59 Å². The molecule has 2 heterocycles. The molecule has 1 aliphatic heterocycles. The first-order chi connectivity index (χ1) is 11.6. The largest absolute Gasteiger partial charge is 0.465 e. The number of carbonyl (C=O) groups excluding carboxylic acids is 1. The SMILES string of the molecule is CCc1ccc(C(=O)N[C@@H](CC2CCN(C(=O)O)CC2)C2CC2)s1. The van der Waals surface area contributed by atoms with Gasteiger partial charge in [-0.05, 0) is 62.5 Å². The number of carbonyl (C=O) groups is 2. The lowest BCUT2D eigenvalue weighted by Crippen LogP contribution is -2.41. The van der Waals surface area contributed by atoms with Crippen molar-refractivity contribution < 1.29 is 14.7 Å². The summed E-state index contributed by atoms with van der Waals surface area (Å²) in [6, 6.07) is 4.20. The maximum atomic E-state index is 12.5. The minimum absolute atomic E-state index is 0.0552. The zero-order valence-electron chi connectivity index (χ0n) is 14.2. The molecule has 1 aromatic heterocycles. The highest BCUT2D eigenvalue weighted by molar-refractivity contribution is 7.14. The van der Waals surface area contributed by atoms with Gasteiger partial charge in [-0.1, -0.05) is 6.92 Å². The molecule has 2 aliphatic rings. The van der Waals surface area contributed by atoms with Gasteiger partial charge >= 0.3 is 6.09 Å². The number of hydrogen-bond donors (Lipinski definition) is 2. The fourth-order valence-electron chi connectivity index (χ4n) is 3.52. The minimum atomic E-state index is -0.815. The standard InChI is InChI=1S/C18H26N2O3S/c1-2-14-5-6-16(24-14)17(21)19-15(13-3-4-13)11-12-7-9-20(10-8-12)18(22)23/h5-6,12-13,15H,2-4,7-11H2,1H3,(H,19,21)(H,22,23)/t15-/m0/s1. The molecule has 0 aromatic carbocycles. The van der Waals surface area contributed by atoms with Crippen LogP contribution >= 0.6 is 11.3 Å². The lowest BCUT2D eigenvalue weighted by molar-refractivity contribution is 0.0919. The second-order valence-electron chi connectivity index (χ2n) is 6.99. The number of amides is 2. The number of piperidine rings is 1. The van der Waals surface area contributed by atoms with Crippen LogP contribution in [0.3, 0.4) is 0 Å². The Balaban J connectivity index is 1.54. The summed E-state index contributed by atoms with van der Waals surface area (Å²) >= 11 is 1.58. The molecule has 2 fully saturated rings. The Morgan fingerprint density at radius 2 is 2.00 bits per heavy atom. The number of nitrogens with one attached hydrogen (secondary N) is 1. The third-order valence-electron chi connectivity index (χ3n) is 5.21. The van der Waals surface area contributed by atoms with Crippen LogP contribution in [0.4, 0.5) is 4.79 Å². The summed E-state index contributed by atoms with van der Waals surface area (Å²) in [5.41, 5.74) is 0. The summed E-state index contributed by atoms with van der Waals surface area (Å²) < 4.78 is 0. The van der Waals surface area contributed by atoms with Crippen LogP contribution in [0.1, 0.15) is 53.6 Å². The fraction of sp³-hybridized carbons (Fsp3) is 0.667. The molecular weight excluding hydrogens is 324 g/mol. The monoisotopic (exact) mass is 350 g/mol. The Bertz CT molecular complexity index is 589. The Hall–Kier alpha value is -1.56.